The summed E-state index contributed by atoms with van der Waals surface area (Å²) < 4.78 is 5.85. The minimum atomic E-state index is -0.739. The number of hydrogen-bond donors (Lipinski definition) is 2. The van der Waals surface area contributed by atoms with Gasteiger partial charge in [-0.3, -0.25) is 9.89 Å². The van der Waals surface area contributed by atoms with Crippen molar-refractivity contribution < 1.29 is 14.6 Å². The van der Waals surface area contributed by atoms with Crippen molar-refractivity contribution in [2.24, 2.45) is 0 Å². The summed E-state index contributed by atoms with van der Waals surface area (Å²) in [5, 5.41) is 19.2. The van der Waals surface area contributed by atoms with Gasteiger partial charge in [0.25, 0.3) is 0 Å². The molecule has 1 aromatic heterocycles. The third-order valence-corrected chi connectivity index (χ3v) is 5.09. The second-order valence-electron chi connectivity index (χ2n) is 6.70. The van der Waals surface area contributed by atoms with Crippen molar-refractivity contribution in [1.29, 1.82) is 0 Å². The number of halogens is 1. The van der Waals surface area contributed by atoms with Crippen LogP contribution in [-0.4, -0.2) is 51.4 Å². The lowest BCUT2D eigenvalue weighted by atomic mass is 10.0. The fourth-order valence-corrected chi connectivity index (χ4v) is 3.50. The van der Waals surface area contributed by atoms with Gasteiger partial charge in [0.2, 0.25) is 5.91 Å². The van der Waals surface area contributed by atoms with Gasteiger partial charge in [0.05, 0.1) is 24.2 Å². The Kier molecular flexibility index (Phi) is 5.01. The van der Waals surface area contributed by atoms with Crippen molar-refractivity contribution in [3.63, 3.8) is 0 Å². The fraction of sp³-hybridized carbons (Fsp3) is 0.300. The van der Waals surface area contributed by atoms with Crippen molar-refractivity contribution in [1.82, 2.24) is 15.1 Å². The van der Waals surface area contributed by atoms with E-state index in [1.54, 1.807) is 29.2 Å². The normalized spacial score (nSPS) is 20.0. The number of nitrogens with one attached hydrogen (secondary N) is 1. The first kappa shape index (κ1) is 17.8. The number of fused-ring (bicyclic) bond motifs is 1. The monoisotopic (exact) mass is 385 g/mol. The van der Waals surface area contributed by atoms with Crippen LogP contribution in [0.5, 0.6) is 5.75 Å². The average Bonchev–Trinajstić information content (AvgIpc) is 3.08. The Morgan fingerprint density at radius 3 is 2.81 bits per heavy atom. The van der Waals surface area contributed by atoms with Gasteiger partial charge in [0.1, 0.15) is 18.0 Å². The first-order chi connectivity index (χ1) is 13.1. The number of benzene rings is 2. The molecule has 1 saturated heterocycles. The van der Waals surface area contributed by atoms with Crippen LogP contribution in [0.15, 0.2) is 48.5 Å². The quantitative estimate of drug-likeness (QED) is 0.723. The molecule has 140 valence electrons. The average molecular weight is 386 g/mol. The molecule has 0 unspecified atom stereocenters. The number of rotatable bonds is 4. The lowest BCUT2D eigenvalue weighted by molar-refractivity contribution is -0.136. The Morgan fingerprint density at radius 2 is 2.04 bits per heavy atom. The van der Waals surface area contributed by atoms with Crippen molar-refractivity contribution in [3.05, 3.63) is 59.2 Å². The highest BCUT2D eigenvalue weighted by molar-refractivity contribution is 6.30. The first-order valence-corrected chi connectivity index (χ1v) is 9.28. The molecule has 0 bridgehead atoms. The predicted molar refractivity (Wildman–Crippen MR) is 103 cm³/mol. The molecule has 1 amide bonds. The van der Waals surface area contributed by atoms with E-state index < -0.39 is 6.10 Å². The molecule has 0 radical (unpaired) electrons. The molecule has 2 heterocycles. The lowest BCUT2D eigenvalue weighted by Crippen LogP contribution is -2.51. The topological polar surface area (TPSA) is 78.5 Å². The van der Waals surface area contributed by atoms with Crippen molar-refractivity contribution in [2.45, 2.75) is 25.0 Å². The molecule has 6 nitrogen and oxygen atoms in total. The number of aliphatic hydroxyl groups is 1. The second kappa shape index (κ2) is 7.58. The van der Waals surface area contributed by atoms with E-state index in [9.17, 15) is 9.90 Å². The van der Waals surface area contributed by atoms with Gasteiger partial charge in [-0.25, -0.2) is 0 Å². The number of aromatic amines is 1. The number of carbonyl (C=O) groups is 1. The third kappa shape index (κ3) is 3.91. The zero-order valence-corrected chi connectivity index (χ0v) is 15.4. The SMILES string of the molecule is O=C(Cc1[nH]nc2ccccc12)N1CC[C@@H](Oc2ccc(Cl)cc2)[C@H](O)C1. The maximum atomic E-state index is 12.7. The molecule has 0 saturated carbocycles. The standard InChI is InChI=1S/C20H20ClN3O3/c21-13-5-7-14(8-6-13)27-19-9-10-24(12-18(19)25)20(26)11-17-15-3-1-2-4-16(15)22-23-17/h1-8,18-19,25H,9-12H2,(H,22,23)/t18-,19-/m1/s1. The number of para-hydroxylation sites is 1. The van der Waals surface area contributed by atoms with Crippen molar-refractivity contribution >= 4 is 28.4 Å². The highest BCUT2D eigenvalue weighted by atomic mass is 35.5. The predicted octanol–water partition coefficient (Wildman–Crippen LogP) is 2.80. The van der Waals surface area contributed by atoms with Crippen LogP contribution in [0.2, 0.25) is 5.02 Å². The van der Waals surface area contributed by atoms with Gasteiger partial charge in [0, 0.05) is 23.4 Å². The Bertz CT molecular complexity index is 941. The molecule has 2 atom stereocenters. The van der Waals surface area contributed by atoms with E-state index in [1.165, 1.54) is 0 Å². The Balaban J connectivity index is 1.37. The fourth-order valence-electron chi connectivity index (χ4n) is 3.37. The van der Waals surface area contributed by atoms with Crippen LogP contribution in [0, 0.1) is 0 Å². The lowest BCUT2D eigenvalue weighted by Gasteiger charge is -2.36. The van der Waals surface area contributed by atoms with E-state index in [0.717, 1.165) is 16.6 Å². The molecule has 1 aliphatic heterocycles. The highest BCUT2D eigenvalue weighted by Gasteiger charge is 2.31. The molecule has 1 aliphatic rings. The summed E-state index contributed by atoms with van der Waals surface area (Å²) in [5.41, 5.74) is 1.64. The number of aromatic nitrogens is 2. The second-order valence-corrected chi connectivity index (χ2v) is 7.14. The molecule has 1 fully saturated rings. The molecule has 3 aromatic rings. The molecular formula is C20H20ClN3O3. The van der Waals surface area contributed by atoms with Crippen molar-refractivity contribution in [3.8, 4) is 5.75 Å². The Hall–Kier alpha value is -2.57. The maximum absolute atomic E-state index is 12.7. The van der Waals surface area contributed by atoms with Gasteiger partial charge in [0.15, 0.2) is 0 Å². The van der Waals surface area contributed by atoms with E-state index in [4.69, 9.17) is 16.3 Å². The highest BCUT2D eigenvalue weighted by Crippen LogP contribution is 2.22. The van der Waals surface area contributed by atoms with Gasteiger partial charge < -0.3 is 14.7 Å². The number of piperidine rings is 1. The smallest absolute Gasteiger partial charge is 0.228 e. The summed E-state index contributed by atoms with van der Waals surface area (Å²) in [7, 11) is 0. The number of ether oxygens (including phenoxy) is 1. The van der Waals surface area contributed by atoms with E-state index in [1.807, 2.05) is 24.3 Å². The van der Waals surface area contributed by atoms with Crippen LogP contribution in [0.3, 0.4) is 0 Å². The van der Waals surface area contributed by atoms with Gasteiger partial charge >= 0.3 is 0 Å². The summed E-state index contributed by atoms with van der Waals surface area (Å²) >= 11 is 5.88. The summed E-state index contributed by atoms with van der Waals surface area (Å²) in [6, 6.07) is 14.7. The van der Waals surface area contributed by atoms with Crippen LogP contribution in [0.1, 0.15) is 12.1 Å². The first-order valence-electron chi connectivity index (χ1n) is 8.90. The van der Waals surface area contributed by atoms with E-state index in [0.29, 0.717) is 23.7 Å². The molecule has 2 aromatic carbocycles. The third-order valence-electron chi connectivity index (χ3n) is 4.84. The van der Waals surface area contributed by atoms with Gasteiger partial charge in [-0.1, -0.05) is 29.8 Å². The summed E-state index contributed by atoms with van der Waals surface area (Å²) in [6.07, 6.45) is -0.282. The van der Waals surface area contributed by atoms with Gasteiger partial charge in [-0.2, -0.15) is 5.10 Å². The number of H-pyrrole nitrogens is 1. The number of amides is 1. The van der Waals surface area contributed by atoms with Crippen LogP contribution in [0.25, 0.3) is 10.9 Å². The van der Waals surface area contributed by atoms with E-state index in [-0.39, 0.29) is 25.0 Å². The Morgan fingerprint density at radius 1 is 1.26 bits per heavy atom. The minimum Gasteiger partial charge on any atom is -0.488 e. The number of β-amino-alcohol motifs (C(OH)–C–C–N with tert-alkyl or cyclic N) is 1. The van der Waals surface area contributed by atoms with E-state index in [2.05, 4.69) is 10.2 Å². The van der Waals surface area contributed by atoms with Crippen LogP contribution < -0.4 is 4.74 Å². The number of likely N-dealkylation sites (tertiary alicyclic amines) is 1. The summed E-state index contributed by atoms with van der Waals surface area (Å²) in [5.74, 6) is 0.626. The maximum Gasteiger partial charge on any atom is 0.228 e. The molecular weight excluding hydrogens is 366 g/mol. The van der Waals surface area contributed by atoms with Crippen LogP contribution >= 0.6 is 11.6 Å². The van der Waals surface area contributed by atoms with Gasteiger partial charge in [-0.05, 0) is 30.3 Å². The molecule has 2 N–H and O–H groups in total. The number of hydrogen-bond acceptors (Lipinski definition) is 4. The number of carbonyl (C=O) groups excluding carboxylic acids is 1. The zero-order valence-electron chi connectivity index (χ0n) is 14.6. The number of aliphatic hydroxyl groups excluding tert-OH is 1. The number of nitrogens with zero attached hydrogens (tertiary/aromatic N) is 2. The molecule has 27 heavy (non-hydrogen) atoms. The van der Waals surface area contributed by atoms with Gasteiger partial charge in [-0.15, -0.1) is 0 Å². The molecule has 4 rings (SSSR count). The minimum absolute atomic E-state index is 0.0339. The Labute approximate surface area is 161 Å². The largest absolute Gasteiger partial charge is 0.488 e. The molecule has 0 spiro atoms. The summed E-state index contributed by atoms with van der Waals surface area (Å²) in [4.78, 5) is 14.4. The van der Waals surface area contributed by atoms with Crippen LogP contribution in [-0.2, 0) is 11.2 Å². The van der Waals surface area contributed by atoms with Crippen molar-refractivity contribution in [2.75, 3.05) is 13.1 Å². The van der Waals surface area contributed by atoms with E-state index >= 15 is 0 Å². The van der Waals surface area contributed by atoms with Crippen LogP contribution in [0.4, 0.5) is 0 Å². The molecule has 0 aliphatic carbocycles. The molecule has 7 heteroatoms. The summed E-state index contributed by atoms with van der Waals surface area (Å²) in [6.45, 7) is 0.795. The zero-order chi connectivity index (χ0) is 18.8.